The molecule has 0 radical (unpaired) electrons. The summed E-state index contributed by atoms with van der Waals surface area (Å²) in [4.78, 5) is 12.6. The highest BCUT2D eigenvalue weighted by molar-refractivity contribution is 5.80. The van der Waals surface area contributed by atoms with Crippen LogP contribution in [0.3, 0.4) is 0 Å². The number of benzene rings is 1. The van der Waals surface area contributed by atoms with Gasteiger partial charge in [0.15, 0.2) is 11.5 Å². The Balaban J connectivity index is 1.59. The molecule has 2 fully saturated rings. The number of methoxy groups -OCH3 is 1. The summed E-state index contributed by atoms with van der Waals surface area (Å²) >= 11 is 0. The number of amides is 1. The standard InChI is InChI=1S/C21H32N2O3/c1-21(22)12-6-5-9-17(21)20(24)23-14-15-10-11-18(19(13-15)25-2)26-16-7-3-4-8-16/h10-11,13,16-17H,3-9,12,14,22H2,1-2H3,(H,23,24). The maximum absolute atomic E-state index is 12.6. The molecule has 2 aliphatic rings. The molecule has 2 atom stereocenters. The van der Waals surface area contributed by atoms with Gasteiger partial charge in [0.2, 0.25) is 5.91 Å². The van der Waals surface area contributed by atoms with Gasteiger partial charge in [0.1, 0.15) is 0 Å². The second kappa shape index (κ2) is 8.30. The van der Waals surface area contributed by atoms with Crippen molar-refractivity contribution in [2.75, 3.05) is 7.11 Å². The van der Waals surface area contributed by atoms with E-state index in [0.29, 0.717) is 12.6 Å². The molecule has 0 aliphatic heterocycles. The van der Waals surface area contributed by atoms with Crippen LogP contribution in [-0.4, -0.2) is 24.7 Å². The second-order valence-corrected chi connectivity index (χ2v) is 8.03. The Hall–Kier alpha value is -1.75. The molecule has 3 rings (SSSR count). The van der Waals surface area contributed by atoms with Crippen molar-refractivity contribution >= 4 is 5.91 Å². The highest BCUT2D eigenvalue weighted by Gasteiger charge is 2.37. The van der Waals surface area contributed by atoms with Crippen molar-refractivity contribution in [3.05, 3.63) is 23.8 Å². The Kier molecular flexibility index (Phi) is 6.07. The number of nitrogens with one attached hydrogen (secondary N) is 1. The van der Waals surface area contributed by atoms with E-state index in [1.807, 2.05) is 25.1 Å². The predicted molar refractivity (Wildman–Crippen MR) is 102 cm³/mol. The van der Waals surface area contributed by atoms with Crippen LogP contribution in [0.4, 0.5) is 0 Å². The monoisotopic (exact) mass is 360 g/mol. The molecule has 0 saturated heterocycles. The van der Waals surface area contributed by atoms with E-state index in [4.69, 9.17) is 15.2 Å². The molecule has 2 saturated carbocycles. The van der Waals surface area contributed by atoms with E-state index < -0.39 is 5.54 Å². The van der Waals surface area contributed by atoms with Gasteiger partial charge in [-0.2, -0.15) is 0 Å². The third-order valence-electron chi connectivity index (χ3n) is 5.86. The number of hydrogen-bond acceptors (Lipinski definition) is 4. The molecule has 0 aromatic heterocycles. The average molecular weight is 360 g/mol. The van der Waals surface area contributed by atoms with Crippen LogP contribution in [0.5, 0.6) is 11.5 Å². The molecule has 0 bridgehead atoms. The Morgan fingerprint density at radius 2 is 1.92 bits per heavy atom. The highest BCUT2D eigenvalue weighted by Crippen LogP contribution is 2.33. The zero-order valence-corrected chi connectivity index (χ0v) is 16.1. The Morgan fingerprint density at radius 1 is 1.19 bits per heavy atom. The quantitative estimate of drug-likeness (QED) is 0.814. The maximum Gasteiger partial charge on any atom is 0.225 e. The molecule has 144 valence electrons. The van der Waals surface area contributed by atoms with Gasteiger partial charge in [-0.15, -0.1) is 0 Å². The first-order chi connectivity index (χ1) is 12.5. The third-order valence-corrected chi connectivity index (χ3v) is 5.86. The lowest BCUT2D eigenvalue weighted by Gasteiger charge is -2.37. The number of hydrogen-bond donors (Lipinski definition) is 2. The van der Waals surface area contributed by atoms with E-state index in [-0.39, 0.29) is 11.8 Å². The first-order valence-corrected chi connectivity index (χ1v) is 9.90. The van der Waals surface area contributed by atoms with E-state index in [9.17, 15) is 4.79 Å². The molecular weight excluding hydrogens is 328 g/mol. The Bertz CT molecular complexity index is 624. The SMILES string of the molecule is COc1cc(CNC(=O)C2CCCCC2(C)N)ccc1OC1CCCC1. The number of carbonyl (C=O) groups is 1. The van der Waals surface area contributed by atoms with Gasteiger partial charge in [-0.1, -0.05) is 18.9 Å². The first-order valence-electron chi connectivity index (χ1n) is 9.90. The predicted octanol–water partition coefficient (Wildman–Crippen LogP) is 3.54. The lowest BCUT2D eigenvalue weighted by molar-refractivity contribution is -0.128. The van der Waals surface area contributed by atoms with Crippen molar-refractivity contribution in [1.29, 1.82) is 0 Å². The summed E-state index contributed by atoms with van der Waals surface area (Å²) in [7, 11) is 1.65. The summed E-state index contributed by atoms with van der Waals surface area (Å²) in [6.07, 6.45) is 8.95. The normalized spacial score (nSPS) is 26.5. The summed E-state index contributed by atoms with van der Waals surface area (Å²) in [5.41, 5.74) is 6.94. The van der Waals surface area contributed by atoms with Crippen molar-refractivity contribution in [2.45, 2.75) is 76.5 Å². The summed E-state index contributed by atoms with van der Waals surface area (Å²) < 4.78 is 11.6. The molecule has 3 N–H and O–H groups in total. The largest absolute Gasteiger partial charge is 0.493 e. The van der Waals surface area contributed by atoms with Crippen LogP contribution in [0, 0.1) is 5.92 Å². The first kappa shape index (κ1) is 19.0. The van der Waals surface area contributed by atoms with Gasteiger partial charge in [-0.05, 0) is 63.1 Å². The van der Waals surface area contributed by atoms with Gasteiger partial charge in [0.05, 0.1) is 19.1 Å². The molecule has 26 heavy (non-hydrogen) atoms. The third kappa shape index (κ3) is 4.50. The van der Waals surface area contributed by atoms with Crippen LogP contribution in [0.15, 0.2) is 18.2 Å². The molecule has 1 aromatic rings. The minimum absolute atomic E-state index is 0.0555. The van der Waals surface area contributed by atoms with Gasteiger partial charge in [-0.3, -0.25) is 4.79 Å². The molecule has 0 heterocycles. The van der Waals surface area contributed by atoms with Gasteiger partial charge >= 0.3 is 0 Å². The number of carbonyl (C=O) groups excluding carboxylic acids is 1. The average Bonchev–Trinajstić information content (AvgIpc) is 3.13. The summed E-state index contributed by atoms with van der Waals surface area (Å²) in [5.74, 6) is 1.46. The Labute approximate surface area is 156 Å². The van der Waals surface area contributed by atoms with Crippen LogP contribution in [0.25, 0.3) is 0 Å². The van der Waals surface area contributed by atoms with Crippen molar-refractivity contribution in [1.82, 2.24) is 5.32 Å². The number of ether oxygens (including phenoxy) is 2. The molecule has 1 amide bonds. The number of nitrogens with two attached hydrogens (primary N) is 1. The molecule has 5 heteroatoms. The Morgan fingerprint density at radius 3 is 2.62 bits per heavy atom. The van der Waals surface area contributed by atoms with E-state index in [2.05, 4.69) is 5.32 Å². The van der Waals surface area contributed by atoms with Crippen molar-refractivity contribution in [2.24, 2.45) is 11.7 Å². The molecule has 2 unspecified atom stereocenters. The second-order valence-electron chi connectivity index (χ2n) is 8.03. The van der Waals surface area contributed by atoms with E-state index in [1.54, 1.807) is 7.11 Å². The van der Waals surface area contributed by atoms with E-state index in [0.717, 1.165) is 55.6 Å². The van der Waals surface area contributed by atoms with Gasteiger partial charge < -0.3 is 20.5 Å². The van der Waals surface area contributed by atoms with Crippen molar-refractivity contribution < 1.29 is 14.3 Å². The fourth-order valence-electron chi connectivity index (χ4n) is 4.21. The van der Waals surface area contributed by atoms with Crippen molar-refractivity contribution in [3.8, 4) is 11.5 Å². The van der Waals surface area contributed by atoms with Crippen LogP contribution in [0.2, 0.25) is 0 Å². The highest BCUT2D eigenvalue weighted by atomic mass is 16.5. The molecule has 0 spiro atoms. The minimum atomic E-state index is -0.404. The maximum atomic E-state index is 12.6. The van der Waals surface area contributed by atoms with Crippen molar-refractivity contribution in [3.63, 3.8) is 0 Å². The van der Waals surface area contributed by atoms with E-state index >= 15 is 0 Å². The number of rotatable bonds is 6. The summed E-state index contributed by atoms with van der Waals surface area (Å²) in [6, 6.07) is 5.90. The molecule has 2 aliphatic carbocycles. The molecular formula is C21H32N2O3. The van der Waals surface area contributed by atoms with Crippen LogP contribution >= 0.6 is 0 Å². The van der Waals surface area contributed by atoms with Crippen LogP contribution < -0.4 is 20.5 Å². The lowest BCUT2D eigenvalue weighted by atomic mass is 9.74. The van der Waals surface area contributed by atoms with Crippen LogP contribution in [0.1, 0.15) is 63.9 Å². The van der Waals surface area contributed by atoms with Gasteiger partial charge in [-0.25, -0.2) is 0 Å². The summed E-state index contributed by atoms with van der Waals surface area (Å²) in [5, 5.41) is 3.05. The zero-order valence-electron chi connectivity index (χ0n) is 16.1. The molecule has 5 nitrogen and oxygen atoms in total. The topological polar surface area (TPSA) is 73.6 Å². The van der Waals surface area contributed by atoms with Gasteiger partial charge in [0.25, 0.3) is 0 Å². The fourth-order valence-corrected chi connectivity index (χ4v) is 4.21. The van der Waals surface area contributed by atoms with Crippen LogP contribution in [-0.2, 0) is 11.3 Å². The van der Waals surface area contributed by atoms with E-state index in [1.165, 1.54) is 12.8 Å². The fraction of sp³-hybridized carbons (Fsp3) is 0.667. The lowest BCUT2D eigenvalue weighted by Crippen LogP contribution is -2.52. The van der Waals surface area contributed by atoms with Gasteiger partial charge in [0, 0.05) is 12.1 Å². The smallest absolute Gasteiger partial charge is 0.225 e. The minimum Gasteiger partial charge on any atom is -0.493 e. The zero-order chi connectivity index (χ0) is 18.6. The summed E-state index contributed by atoms with van der Waals surface area (Å²) in [6.45, 7) is 2.47. The molecule has 1 aromatic carbocycles.